The fraction of sp³-hybridized carbons (Fsp3) is 0.500. The zero-order chi connectivity index (χ0) is 14.0. The molecule has 1 N–H and O–H groups in total. The Morgan fingerprint density at radius 3 is 2.74 bits per heavy atom. The number of rotatable bonds is 4. The first-order valence-corrected chi connectivity index (χ1v) is 6.67. The monoisotopic (exact) mass is 260 g/mol. The molecule has 5 nitrogen and oxygen atoms in total. The number of aromatic nitrogens is 3. The van der Waals surface area contributed by atoms with Crippen molar-refractivity contribution >= 4 is 16.9 Å². The van der Waals surface area contributed by atoms with Gasteiger partial charge in [0, 0.05) is 24.7 Å². The number of fused-ring (bicyclic) bond motifs is 1. The minimum atomic E-state index is -0.0636. The zero-order valence-electron chi connectivity index (χ0n) is 11.9. The smallest absolute Gasteiger partial charge is 0.253 e. The van der Waals surface area contributed by atoms with Crippen LogP contribution in [0.3, 0.4) is 0 Å². The van der Waals surface area contributed by atoms with Crippen molar-refractivity contribution in [2.45, 2.75) is 39.7 Å². The Morgan fingerprint density at radius 1 is 1.42 bits per heavy atom. The second kappa shape index (κ2) is 5.38. The SMILES string of the molecule is CCC(CC)NC(=O)c1cnc2c(c1)c(C)nn2C. The van der Waals surface area contributed by atoms with Gasteiger partial charge < -0.3 is 5.32 Å². The molecule has 0 saturated carbocycles. The van der Waals surface area contributed by atoms with Crippen LogP contribution < -0.4 is 5.32 Å². The van der Waals surface area contributed by atoms with Crippen molar-refractivity contribution in [3.63, 3.8) is 0 Å². The molecule has 2 aromatic rings. The van der Waals surface area contributed by atoms with Crippen LogP contribution in [0.1, 0.15) is 42.7 Å². The molecule has 0 aliphatic heterocycles. The Kier molecular flexibility index (Phi) is 3.83. The molecule has 0 bridgehead atoms. The molecule has 1 amide bonds. The van der Waals surface area contributed by atoms with Crippen molar-refractivity contribution in [2.75, 3.05) is 0 Å². The molecule has 19 heavy (non-hydrogen) atoms. The minimum Gasteiger partial charge on any atom is -0.349 e. The van der Waals surface area contributed by atoms with Crippen LogP contribution in [0.5, 0.6) is 0 Å². The van der Waals surface area contributed by atoms with Crippen LogP contribution in [0.4, 0.5) is 0 Å². The number of hydrogen-bond donors (Lipinski definition) is 1. The van der Waals surface area contributed by atoms with Crippen LogP contribution in [0.25, 0.3) is 11.0 Å². The first-order valence-electron chi connectivity index (χ1n) is 6.67. The van der Waals surface area contributed by atoms with E-state index in [1.54, 1.807) is 10.9 Å². The maximum absolute atomic E-state index is 12.2. The summed E-state index contributed by atoms with van der Waals surface area (Å²) in [5.74, 6) is -0.0636. The summed E-state index contributed by atoms with van der Waals surface area (Å²) in [7, 11) is 1.85. The maximum Gasteiger partial charge on any atom is 0.253 e. The molecule has 2 heterocycles. The van der Waals surface area contributed by atoms with E-state index in [1.807, 2.05) is 20.0 Å². The summed E-state index contributed by atoms with van der Waals surface area (Å²) < 4.78 is 1.73. The lowest BCUT2D eigenvalue weighted by Crippen LogP contribution is -2.33. The van der Waals surface area contributed by atoms with E-state index in [2.05, 4.69) is 29.2 Å². The third kappa shape index (κ3) is 2.59. The number of aryl methyl sites for hydroxylation is 2. The van der Waals surface area contributed by atoms with Gasteiger partial charge in [0.25, 0.3) is 5.91 Å². The van der Waals surface area contributed by atoms with Gasteiger partial charge in [0.15, 0.2) is 5.65 Å². The lowest BCUT2D eigenvalue weighted by Gasteiger charge is -2.14. The normalized spacial score (nSPS) is 11.2. The third-order valence-corrected chi connectivity index (χ3v) is 3.45. The van der Waals surface area contributed by atoms with Gasteiger partial charge in [-0.15, -0.1) is 0 Å². The van der Waals surface area contributed by atoms with Gasteiger partial charge in [0.1, 0.15) is 0 Å². The summed E-state index contributed by atoms with van der Waals surface area (Å²) in [5.41, 5.74) is 2.29. The average molecular weight is 260 g/mol. The highest BCUT2D eigenvalue weighted by Crippen LogP contribution is 2.16. The highest BCUT2D eigenvalue weighted by molar-refractivity contribution is 5.97. The molecule has 0 radical (unpaired) electrons. The van der Waals surface area contributed by atoms with Gasteiger partial charge >= 0.3 is 0 Å². The molecule has 0 spiro atoms. The van der Waals surface area contributed by atoms with Gasteiger partial charge in [-0.25, -0.2) is 4.98 Å². The summed E-state index contributed by atoms with van der Waals surface area (Å²) in [6.07, 6.45) is 3.48. The Morgan fingerprint density at radius 2 is 2.11 bits per heavy atom. The van der Waals surface area contributed by atoms with Crippen molar-refractivity contribution in [3.8, 4) is 0 Å². The molecule has 0 saturated heterocycles. The van der Waals surface area contributed by atoms with Crippen LogP contribution >= 0.6 is 0 Å². The van der Waals surface area contributed by atoms with E-state index in [0.29, 0.717) is 5.56 Å². The molecule has 2 rings (SSSR count). The Labute approximate surface area is 113 Å². The van der Waals surface area contributed by atoms with Gasteiger partial charge in [-0.05, 0) is 25.8 Å². The highest BCUT2D eigenvalue weighted by Gasteiger charge is 2.13. The topological polar surface area (TPSA) is 59.8 Å². The fourth-order valence-corrected chi connectivity index (χ4v) is 2.19. The highest BCUT2D eigenvalue weighted by atomic mass is 16.1. The van der Waals surface area contributed by atoms with Crippen molar-refractivity contribution < 1.29 is 4.79 Å². The summed E-state index contributed by atoms with van der Waals surface area (Å²) in [6.45, 7) is 6.06. The van der Waals surface area contributed by atoms with E-state index in [-0.39, 0.29) is 11.9 Å². The van der Waals surface area contributed by atoms with Crippen molar-refractivity contribution in [1.29, 1.82) is 0 Å². The first kappa shape index (κ1) is 13.5. The first-order chi connectivity index (χ1) is 9.06. The van der Waals surface area contributed by atoms with Gasteiger partial charge in [-0.2, -0.15) is 5.10 Å². The molecule has 0 atom stereocenters. The molecular weight excluding hydrogens is 240 g/mol. The third-order valence-electron chi connectivity index (χ3n) is 3.45. The molecule has 0 aliphatic carbocycles. The van der Waals surface area contributed by atoms with Crippen LogP contribution in [0.15, 0.2) is 12.3 Å². The predicted octanol–water partition coefficient (Wildman–Crippen LogP) is 2.20. The van der Waals surface area contributed by atoms with E-state index in [0.717, 1.165) is 29.6 Å². The number of nitrogens with zero attached hydrogens (tertiary/aromatic N) is 3. The number of hydrogen-bond acceptors (Lipinski definition) is 3. The number of pyridine rings is 1. The largest absolute Gasteiger partial charge is 0.349 e. The second-order valence-corrected chi connectivity index (χ2v) is 4.79. The van der Waals surface area contributed by atoms with E-state index >= 15 is 0 Å². The number of carbonyl (C=O) groups is 1. The summed E-state index contributed by atoms with van der Waals surface area (Å²) in [6, 6.07) is 2.08. The second-order valence-electron chi connectivity index (χ2n) is 4.79. The van der Waals surface area contributed by atoms with Crippen LogP contribution in [0, 0.1) is 6.92 Å². The molecule has 0 aliphatic rings. The standard InChI is InChI=1S/C14H20N4O/c1-5-11(6-2)16-14(19)10-7-12-9(3)17-18(4)13(12)15-8-10/h7-8,11H,5-6H2,1-4H3,(H,16,19). The Hall–Kier alpha value is -1.91. The number of carbonyl (C=O) groups excluding carboxylic acids is 1. The van der Waals surface area contributed by atoms with Crippen molar-refractivity contribution in [2.24, 2.45) is 7.05 Å². The quantitative estimate of drug-likeness (QED) is 0.916. The van der Waals surface area contributed by atoms with E-state index in [1.165, 1.54) is 0 Å². The minimum absolute atomic E-state index is 0.0636. The number of amides is 1. The molecule has 5 heteroatoms. The van der Waals surface area contributed by atoms with Gasteiger partial charge in [-0.3, -0.25) is 9.48 Å². The summed E-state index contributed by atoms with van der Waals surface area (Å²) >= 11 is 0. The van der Waals surface area contributed by atoms with E-state index in [9.17, 15) is 4.79 Å². The Balaban J connectivity index is 2.30. The zero-order valence-corrected chi connectivity index (χ0v) is 11.9. The molecule has 0 unspecified atom stereocenters. The molecule has 102 valence electrons. The van der Waals surface area contributed by atoms with Crippen LogP contribution in [-0.2, 0) is 7.05 Å². The summed E-state index contributed by atoms with van der Waals surface area (Å²) in [4.78, 5) is 16.5. The van der Waals surface area contributed by atoms with Gasteiger partial charge in [0.2, 0.25) is 0 Å². The van der Waals surface area contributed by atoms with Gasteiger partial charge in [0.05, 0.1) is 11.3 Å². The van der Waals surface area contributed by atoms with Crippen LogP contribution in [0.2, 0.25) is 0 Å². The lowest BCUT2D eigenvalue weighted by molar-refractivity contribution is 0.0934. The Bertz CT molecular complexity index is 599. The molecule has 0 aromatic carbocycles. The summed E-state index contributed by atoms with van der Waals surface area (Å²) in [5, 5.41) is 8.25. The molecule has 0 fully saturated rings. The van der Waals surface area contributed by atoms with Gasteiger partial charge in [-0.1, -0.05) is 13.8 Å². The maximum atomic E-state index is 12.2. The van der Waals surface area contributed by atoms with E-state index < -0.39 is 0 Å². The number of nitrogens with one attached hydrogen (secondary N) is 1. The molecule has 2 aromatic heterocycles. The average Bonchev–Trinajstić information content (AvgIpc) is 2.70. The van der Waals surface area contributed by atoms with Crippen molar-refractivity contribution in [3.05, 3.63) is 23.5 Å². The van der Waals surface area contributed by atoms with Crippen LogP contribution in [-0.4, -0.2) is 26.7 Å². The fourth-order valence-electron chi connectivity index (χ4n) is 2.19. The lowest BCUT2D eigenvalue weighted by atomic mass is 10.1. The molecular formula is C14H20N4O. The van der Waals surface area contributed by atoms with E-state index in [4.69, 9.17) is 0 Å². The van der Waals surface area contributed by atoms with Crippen molar-refractivity contribution in [1.82, 2.24) is 20.1 Å². The predicted molar refractivity (Wildman–Crippen MR) is 75.1 cm³/mol.